The first kappa shape index (κ1) is 19.0. The highest BCUT2D eigenvalue weighted by Crippen LogP contribution is 2.28. The number of hydrazone groups is 1. The number of methoxy groups -OCH3 is 1. The fourth-order valence-electron chi connectivity index (χ4n) is 2.97. The molecule has 150 valence electrons. The number of benzene rings is 2. The highest BCUT2D eigenvalue weighted by Gasteiger charge is 2.15. The minimum absolute atomic E-state index is 0.0853. The van der Waals surface area contributed by atoms with Crippen molar-refractivity contribution in [2.24, 2.45) is 5.10 Å². The zero-order chi connectivity index (χ0) is 21.1. The van der Waals surface area contributed by atoms with Gasteiger partial charge in [0.05, 0.1) is 18.9 Å². The summed E-state index contributed by atoms with van der Waals surface area (Å²) in [4.78, 5) is 23.7. The number of fused-ring (bicyclic) bond motifs is 1. The Labute approximate surface area is 170 Å². The summed E-state index contributed by atoms with van der Waals surface area (Å²) in [7, 11) is 1.52. The monoisotopic (exact) mass is 404 g/mol. The van der Waals surface area contributed by atoms with Gasteiger partial charge in [0.2, 0.25) is 0 Å². The van der Waals surface area contributed by atoms with E-state index in [0.29, 0.717) is 28.4 Å². The van der Waals surface area contributed by atoms with Crippen LogP contribution in [0.15, 0.2) is 74.6 Å². The second-order valence-corrected chi connectivity index (χ2v) is 6.24. The average Bonchev–Trinajstić information content (AvgIpc) is 3.40. The summed E-state index contributed by atoms with van der Waals surface area (Å²) in [6.45, 7) is 0. The number of para-hydroxylation sites is 1. The maximum absolute atomic E-state index is 12.3. The molecule has 0 spiro atoms. The molecule has 4 rings (SSSR count). The van der Waals surface area contributed by atoms with Gasteiger partial charge in [0.25, 0.3) is 0 Å². The molecule has 0 radical (unpaired) electrons. The van der Waals surface area contributed by atoms with Crippen LogP contribution in [-0.2, 0) is 0 Å². The van der Waals surface area contributed by atoms with Gasteiger partial charge in [0, 0.05) is 10.9 Å². The van der Waals surface area contributed by atoms with Crippen LogP contribution in [0.3, 0.4) is 0 Å². The van der Waals surface area contributed by atoms with E-state index in [0.717, 1.165) is 5.39 Å². The van der Waals surface area contributed by atoms with E-state index in [4.69, 9.17) is 13.6 Å². The number of nitrogens with zero attached hydrogens (tertiary/aromatic N) is 1. The van der Waals surface area contributed by atoms with E-state index in [-0.39, 0.29) is 11.3 Å². The first-order valence-electron chi connectivity index (χ1n) is 8.89. The van der Waals surface area contributed by atoms with Crippen molar-refractivity contribution < 1.29 is 28.3 Å². The largest absolute Gasteiger partial charge is 0.493 e. The molecule has 8 heteroatoms. The molecular formula is C22H16N2O6. The van der Waals surface area contributed by atoms with Crippen LogP contribution in [0.5, 0.6) is 5.75 Å². The Balaban J connectivity index is 1.48. The number of furan rings is 2. The van der Waals surface area contributed by atoms with Crippen LogP contribution in [0.4, 0.5) is 0 Å². The number of ether oxygens (including phenoxy) is 1. The van der Waals surface area contributed by atoms with Gasteiger partial charge in [-0.25, -0.2) is 10.2 Å². The molecule has 8 nitrogen and oxygen atoms in total. The molecule has 0 aliphatic carbocycles. The highest BCUT2D eigenvalue weighted by atomic mass is 16.5. The van der Waals surface area contributed by atoms with Crippen LogP contribution in [0.1, 0.15) is 26.7 Å². The van der Waals surface area contributed by atoms with E-state index < -0.39 is 11.9 Å². The fraction of sp³-hybridized carbons (Fsp3) is 0.0455. The Morgan fingerprint density at radius 3 is 2.70 bits per heavy atom. The zero-order valence-corrected chi connectivity index (χ0v) is 15.8. The molecule has 30 heavy (non-hydrogen) atoms. The molecule has 2 aromatic carbocycles. The predicted molar refractivity (Wildman–Crippen MR) is 109 cm³/mol. The van der Waals surface area contributed by atoms with Crippen molar-refractivity contribution in [2.75, 3.05) is 7.11 Å². The number of carbonyl (C=O) groups excluding carboxylic acids is 1. The van der Waals surface area contributed by atoms with E-state index in [2.05, 4.69) is 10.5 Å². The maximum atomic E-state index is 12.3. The van der Waals surface area contributed by atoms with Crippen molar-refractivity contribution >= 4 is 29.1 Å². The molecule has 0 fully saturated rings. The van der Waals surface area contributed by atoms with Gasteiger partial charge in [-0.3, -0.25) is 4.79 Å². The van der Waals surface area contributed by atoms with E-state index >= 15 is 0 Å². The molecule has 0 atom stereocenters. The second-order valence-electron chi connectivity index (χ2n) is 6.24. The molecule has 0 aliphatic rings. The van der Waals surface area contributed by atoms with Crippen LogP contribution in [0.2, 0.25) is 0 Å². The van der Waals surface area contributed by atoms with Gasteiger partial charge in [-0.15, -0.1) is 0 Å². The number of rotatable bonds is 6. The van der Waals surface area contributed by atoms with Crippen LogP contribution < -0.4 is 10.2 Å². The molecule has 1 amide bonds. The van der Waals surface area contributed by atoms with Gasteiger partial charge in [-0.1, -0.05) is 30.3 Å². The summed E-state index contributed by atoms with van der Waals surface area (Å²) in [5.74, 6) is -0.247. The topological polar surface area (TPSA) is 114 Å². The van der Waals surface area contributed by atoms with Crippen molar-refractivity contribution in [1.82, 2.24) is 5.43 Å². The number of carboxylic acid groups (broad SMARTS) is 1. The van der Waals surface area contributed by atoms with Crippen molar-refractivity contribution in [2.45, 2.75) is 0 Å². The third-order valence-electron chi connectivity index (χ3n) is 4.36. The molecule has 0 saturated carbocycles. The van der Waals surface area contributed by atoms with Gasteiger partial charge in [-0.2, -0.15) is 5.10 Å². The minimum atomic E-state index is -1.05. The summed E-state index contributed by atoms with van der Waals surface area (Å²) in [5.41, 5.74) is 3.42. The quantitative estimate of drug-likeness (QED) is 0.368. The molecule has 4 aromatic rings. The number of carboxylic acids is 1. The Hall–Kier alpha value is -4.33. The van der Waals surface area contributed by atoms with Crippen LogP contribution in [0, 0.1) is 0 Å². The number of amides is 1. The van der Waals surface area contributed by atoms with Gasteiger partial charge < -0.3 is 18.7 Å². The summed E-state index contributed by atoms with van der Waals surface area (Å²) in [6, 6.07) is 16.7. The number of aromatic carboxylic acids is 1. The second kappa shape index (κ2) is 7.96. The fourth-order valence-corrected chi connectivity index (χ4v) is 2.97. The van der Waals surface area contributed by atoms with Crippen molar-refractivity contribution in [3.8, 4) is 17.1 Å². The van der Waals surface area contributed by atoms with Crippen LogP contribution in [-0.4, -0.2) is 30.3 Å². The third kappa shape index (κ3) is 3.66. The summed E-state index contributed by atoms with van der Waals surface area (Å²) >= 11 is 0. The molecule has 0 bridgehead atoms. The normalized spacial score (nSPS) is 11.1. The first-order valence-corrected chi connectivity index (χ1v) is 8.89. The lowest BCUT2D eigenvalue weighted by Crippen LogP contribution is -2.16. The van der Waals surface area contributed by atoms with Gasteiger partial charge >= 0.3 is 11.9 Å². The maximum Gasteiger partial charge on any atom is 0.336 e. The number of nitrogens with one attached hydrogen (secondary N) is 1. The van der Waals surface area contributed by atoms with E-state index in [9.17, 15) is 14.7 Å². The van der Waals surface area contributed by atoms with E-state index in [1.54, 1.807) is 54.6 Å². The Bertz CT molecular complexity index is 1270. The van der Waals surface area contributed by atoms with Gasteiger partial charge in [0.1, 0.15) is 11.5 Å². The lowest BCUT2D eigenvalue weighted by Gasteiger charge is -2.01. The smallest absolute Gasteiger partial charge is 0.336 e. The van der Waals surface area contributed by atoms with Crippen LogP contribution in [0.25, 0.3) is 22.3 Å². The molecular weight excluding hydrogens is 388 g/mol. The minimum Gasteiger partial charge on any atom is -0.493 e. The zero-order valence-electron chi connectivity index (χ0n) is 15.8. The lowest BCUT2D eigenvalue weighted by atomic mass is 10.1. The third-order valence-corrected chi connectivity index (χ3v) is 4.36. The van der Waals surface area contributed by atoms with Crippen molar-refractivity contribution in [1.29, 1.82) is 0 Å². The SMILES string of the molecule is COc1cccc2cc(C(=O)NN=Cc3ccc(-c4ccccc4C(=O)O)o3)oc12. The summed E-state index contributed by atoms with van der Waals surface area (Å²) < 4.78 is 16.4. The standard InChI is InChI=1S/C22H16N2O6/c1-28-18-8-4-5-13-11-19(30-20(13)18)21(25)24-23-12-14-9-10-17(29-14)15-6-2-3-7-16(15)22(26)27/h2-12H,1H3,(H,24,25)(H,26,27). The molecule has 2 heterocycles. The Kier molecular flexibility index (Phi) is 5.04. The van der Waals surface area contributed by atoms with Gasteiger partial charge in [-0.05, 0) is 30.3 Å². The molecule has 2 N–H and O–H groups in total. The van der Waals surface area contributed by atoms with Crippen LogP contribution >= 0.6 is 0 Å². The molecule has 2 aromatic heterocycles. The number of hydrogen-bond acceptors (Lipinski definition) is 6. The van der Waals surface area contributed by atoms with Gasteiger partial charge in [0.15, 0.2) is 17.1 Å². The Morgan fingerprint density at radius 2 is 1.90 bits per heavy atom. The van der Waals surface area contributed by atoms with E-state index in [1.807, 2.05) is 0 Å². The molecule has 0 saturated heterocycles. The lowest BCUT2D eigenvalue weighted by molar-refractivity contribution is 0.0697. The summed E-state index contributed by atoms with van der Waals surface area (Å²) in [5, 5.41) is 13.9. The van der Waals surface area contributed by atoms with Crippen molar-refractivity contribution in [3.63, 3.8) is 0 Å². The average molecular weight is 404 g/mol. The predicted octanol–water partition coefficient (Wildman–Crippen LogP) is 4.16. The Morgan fingerprint density at radius 1 is 1.07 bits per heavy atom. The van der Waals surface area contributed by atoms with Crippen molar-refractivity contribution in [3.05, 3.63) is 77.7 Å². The molecule has 0 aliphatic heterocycles. The highest BCUT2D eigenvalue weighted by molar-refractivity contribution is 5.98. The number of carbonyl (C=O) groups is 2. The molecule has 0 unspecified atom stereocenters. The first-order chi connectivity index (χ1) is 14.6. The summed E-state index contributed by atoms with van der Waals surface area (Å²) in [6.07, 6.45) is 1.31. The number of hydrogen-bond donors (Lipinski definition) is 2. The van der Waals surface area contributed by atoms with E-state index in [1.165, 1.54) is 19.4 Å².